The summed E-state index contributed by atoms with van der Waals surface area (Å²) in [7, 11) is 1.63. The van der Waals surface area contributed by atoms with Crippen molar-refractivity contribution in [2.45, 2.75) is 37.5 Å². The molecular formula is C25H30N2O4. The lowest BCUT2D eigenvalue weighted by atomic mass is 9.73. The largest absolute Gasteiger partial charge is 0.497 e. The minimum Gasteiger partial charge on any atom is -0.497 e. The fourth-order valence-corrected chi connectivity index (χ4v) is 4.50. The smallest absolute Gasteiger partial charge is 0.253 e. The summed E-state index contributed by atoms with van der Waals surface area (Å²) in [4.78, 5) is 28.0. The molecule has 2 fully saturated rings. The van der Waals surface area contributed by atoms with Gasteiger partial charge in [0.05, 0.1) is 12.5 Å². The summed E-state index contributed by atoms with van der Waals surface area (Å²) in [5.74, 6) is 0.785. The van der Waals surface area contributed by atoms with Gasteiger partial charge in [-0.2, -0.15) is 0 Å². The van der Waals surface area contributed by atoms with E-state index in [-0.39, 0.29) is 11.8 Å². The van der Waals surface area contributed by atoms with E-state index in [2.05, 4.69) is 5.32 Å². The Kier molecular flexibility index (Phi) is 6.56. The molecule has 0 radical (unpaired) electrons. The molecule has 6 nitrogen and oxygen atoms in total. The number of amides is 2. The Morgan fingerprint density at radius 1 is 0.935 bits per heavy atom. The van der Waals surface area contributed by atoms with Crippen molar-refractivity contribution >= 4 is 17.5 Å². The number of piperidine rings is 1. The van der Waals surface area contributed by atoms with Crippen LogP contribution in [0.2, 0.25) is 0 Å². The number of anilines is 1. The Hall–Kier alpha value is -2.86. The first-order chi connectivity index (χ1) is 15.1. The molecule has 0 saturated carbocycles. The van der Waals surface area contributed by atoms with E-state index in [0.29, 0.717) is 37.3 Å². The third kappa shape index (κ3) is 4.59. The molecule has 1 N–H and O–H groups in total. The summed E-state index contributed by atoms with van der Waals surface area (Å²) in [6.07, 6.45) is 4.57. The Balaban J connectivity index is 1.50. The fourth-order valence-electron chi connectivity index (χ4n) is 4.50. The monoisotopic (exact) mass is 422 g/mol. The highest BCUT2D eigenvalue weighted by molar-refractivity contribution is 6.00. The molecule has 4 rings (SSSR count). The SMILES string of the molecule is COc1ccc(C2(C(=O)Nc3ccc(C(=O)N4CCCCC4)cc3)CCOCC2)cc1. The van der Waals surface area contributed by atoms with Crippen LogP contribution in [0.1, 0.15) is 48.0 Å². The van der Waals surface area contributed by atoms with Crippen molar-refractivity contribution in [2.24, 2.45) is 0 Å². The molecule has 2 aliphatic rings. The predicted molar refractivity (Wildman–Crippen MR) is 120 cm³/mol. The number of nitrogens with one attached hydrogen (secondary N) is 1. The van der Waals surface area contributed by atoms with E-state index in [1.807, 2.05) is 41.3 Å². The van der Waals surface area contributed by atoms with Gasteiger partial charge in [0.15, 0.2) is 0 Å². The molecule has 0 spiro atoms. The summed E-state index contributed by atoms with van der Waals surface area (Å²) in [5.41, 5.74) is 1.67. The van der Waals surface area contributed by atoms with Crippen LogP contribution in [0.15, 0.2) is 48.5 Å². The average molecular weight is 423 g/mol. The van der Waals surface area contributed by atoms with E-state index in [4.69, 9.17) is 9.47 Å². The normalized spacial score (nSPS) is 18.3. The molecule has 164 valence electrons. The standard InChI is InChI=1S/C25H30N2O4/c1-30-22-11-7-20(8-12-22)25(13-17-31-18-14-25)24(29)26-21-9-5-19(6-10-21)23(28)27-15-3-2-4-16-27/h5-12H,2-4,13-18H2,1H3,(H,26,29). The second-order valence-electron chi connectivity index (χ2n) is 8.31. The first-order valence-corrected chi connectivity index (χ1v) is 11.1. The van der Waals surface area contributed by atoms with Gasteiger partial charge in [0.1, 0.15) is 5.75 Å². The molecule has 2 aliphatic heterocycles. The van der Waals surface area contributed by atoms with Crippen LogP contribution in [-0.4, -0.2) is 50.1 Å². The Morgan fingerprint density at radius 2 is 1.58 bits per heavy atom. The highest BCUT2D eigenvalue weighted by Crippen LogP contribution is 2.37. The van der Waals surface area contributed by atoms with Crippen LogP contribution in [-0.2, 0) is 14.9 Å². The van der Waals surface area contributed by atoms with Crippen LogP contribution in [0.25, 0.3) is 0 Å². The molecular weight excluding hydrogens is 392 g/mol. The Bertz CT molecular complexity index is 896. The minimum absolute atomic E-state index is 0.0453. The van der Waals surface area contributed by atoms with Crippen molar-refractivity contribution in [1.29, 1.82) is 0 Å². The van der Waals surface area contributed by atoms with Crippen LogP contribution < -0.4 is 10.1 Å². The van der Waals surface area contributed by atoms with Crippen LogP contribution in [0, 0.1) is 0 Å². The molecule has 2 amide bonds. The number of ether oxygens (including phenoxy) is 2. The fraction of sp³-hybridized carbons (Fsp3) is 0.440. The lowest BCUT2D eigenvalue weighted by molar-refractivity contribution is -0.125. The van der Waals surface area contributed by atoms with Gasteiger partial charge in [-0.1, -0.05) is 12.1 Å². The molecule has 0 aliphatic carbocycles. The molecule has 0 aromatic heterocycles. The predicted octanol–water partition coefficient (Wildman–Crippen LogP) is 4.01. The number of nitrogens with zero attached hydrogens (tertiary/aromatic N) is 1. The molecule has 6 heteroatoms. The summed E-state index contributed by atoms with van der Waals surface area (Å²) in [6, 6.07) is 14.9. The van der Waals surface area contributed by atoms with Gasteiger partial charge in [0.25, 0.3) is 5.91 Å². The van der Waals surface area contributed by atoms with Crippen molar-refractivity contribution in [3.8, 4) is 5.75 Å². The van der Waals surface area contributed by atoms with Crippen LogP contribution in [0.4, 0.5) is 5.69 Å². The quantitative estimate of drug-likeness (QED) is 0.791. The van der Waals surface area contributed by atoms with E-state index >= 15 is 0 Å². The van der Waals surface area contributed by atoms with Gasteiger partial charge >= 0.3 is 0 Å². The number of methoxy groups -OCH3 is 1. The van der Waals surface area contributed by atoms with Crippen LogP contribution in [0.5, 0.6) is 5.75 Å². The second-order valence-corrected chi connectivity index (χ2v) is 8.31. The summed E-state index contributed by atoms with van der Waals surface area (Å²) >= 11 is 0. The molecule has 2 saturated heterocycles. The first-order valence-electron chi connectivity index (χ1n) is 11.1. The molecule has 31 heavy (non-hydrogen) atoms. The topological polar surface area (TPSA) is 67.9 Å². The van der Waals surface area contributed by atoms with Gasteiger partial charge in [0.2, 0.25) is 5.91 Å². The van der Waals surface area contributed by atoms with Gasteiger partial charge < -0.3 is 19.7 Å². The molecule has 2 aromatic rings. The lowest BCUT2D eigenvalue weighted by Gasteiger charge is -2.36. The minimum atomic E-state index is -0.646. The van der Waals surface area contributed by atoms with Crippen molar-refractivity contribution in [1.82, 2.24) is 4.90 Å². The zero-order valence-corrected chi connectivity index (χ0v) is 18.1. The van der Waals surface area contributed by atoms with E-state index in [0.717, 1.165) is 37.2 Å². The zero-order valence-electron chi connectivity index (χ0n) is 18.1. The maximum atomic E-state index is 13.4. The van der Waals surface area contributed by atoms with Crippen LogP contribution in [0.3, 0.4) is 0 Å². The molecule has 2 heterocycles. The highest BCUT2D eigenvalue weighted by Gasteiger charge is 2.41. The van der Waals surface area contributed by atoms with Gasteiger partial charge in [-0.25, -0.2) is 0 Å². The van der Waals surface area contributed by atoms with E-state index < -0.39 is 5.41 Å². The van der Waals surface area contributed by atoms with Crippen molar-refractivity contribution in [3.63, 3.8) is 0 Å². The Morgan fingerprint density at radius 3 is 2.19 bits per heavy atom. The lowest BCUT2D eigenvalue weighted by Crippen LogP contribution is -2.44. The number of carbonyl (C=O) groups is 2. The van der Waals surface area contributed by atoms with Gasteiger partial charge in [-0.15, -0.1) is 0 Å². The number of likely N-dealkylation sites (tertiary alicyclic amines) is 1. The van der Waals surface area contributed by atoms with E-state index in [1.165, 1.54) is 6.42 Å². The molecule has 0 bridgehead atoms. The summed E-state index contributed by atoms with van der Waals surface area (Å²) in [6.45, 7) is 2.74. The third-order valence-corrected chi connectivity index (χ3v) is 6.46. The van der Waals surface area contributed by atoms with Gasteiger partial charge in [-0.3, -0.25) is 9.59 Å². The summed E-state index contributed by atoms with van der Waals surface area (Å²) in [5, 5.41) is 3.07. The van der Waals surface area contributed by atoms with Crippen LogP contribution >= 0.6 is 0 Å². The maximum absolute atomic E-state index is 13.4. The first kappa shape index (κ1) is 21.4. The molecule has 0 unspecified atom stereocenters. The van der Waals surface area contributed by atoms with Crippen molar-refractivity contribution in [3.05, 3.63) is 59.7 Å². The van der Waals surface area contributed by atoms with Crippen molar-refractivity contribution < 1.29 is 19.1 Å². The number of hydrogen-bond acceptors (Lipinski definition) is 4. The van der Waals surface area contributed by atoms with Crippen molar-refractivity contribution in [2.75, 3.05) is 38.7 Å². The van der Waals surface area contributed by atoms with E-state index in [9.17, 15) is 9.59 Å². The number of hydrogen-bond donors (Lipinski definition) is 1. The number of benzene rings is 2. The number of rotatable bonds is 5. The van der Waals surface area contributed by atoms with Gasteiger partial charge in [-0.05, 0) is 74.1 Å². The second kappa shape index (κ2) is 9.52. The average Bonchev–Trinajstić information content (AvgIpc) is 2.85. The Labute approximate surface area is 183 Å². The molecule has 0 atom stereocenters. The summed E-state index contributed by atoms with van der Waals surface area (Å²) < 4.78 is 10.8. The molecule has 2 aromatic carbocycles. The number of carbonyl (C=O) groups excluding carboxylic acids is 2. The third-order valence-electron chi connectivity index (χ3n) is 6.46. The highest BCUT2D eigenvalue weighted by atomic mass is 16.5. The van der Waals surface area contributed by atoms with E-state index in [1.54, 1.807) is 19.2 Å². The zero-order chi connectivity index (χ0) is 21.7. The maximum Gasteiger partial charge on any atom is 0.253 e. The van der Waals surface area contributed by atoms with Gasteiger partial charge in [0, 0.05) is 37.6 Å².